The molecule has 3 rings (SSSR count). The van der Waals surface area contributed by atoms with E-state index in [1.807, 2.05) is 18.2 Å². The topological polar surface area (TPSA) is 67.8 Å². The predicted molar refractivity (Wildman–Crippen MR) is 76.7 cm³/mol. The van der Waals surface area contributed by atoms with E-state index in [-0.39, 0.29) is 11.9 Å². The monoisotopic (exact) mass is 289 g/mol. The summed E-state index contributed by atoms with van der Waals surface area (Å²) in [4.78, 5) is 12.2. The van der Waals surface area contributed by atoms with Gasteiger partial charge in [-0.2, -0.15) is 0 Å². The van der Waals surface area contributed by atoms with Crippen LogP contribution in [0.5, 0.6) is 0 Å². The Bertz CT molecular complexity index is 555. The van der Waals surface area contributed by atoms with Crippen LogP contribution in [0.15, 0.2) is 42.5 Å². The molecule has 0 bridgehead atoms. The zero-order valence-electron chi connectivity index (χ0n) is 12.0. The maximum absolute atomic E-state index is 12.2. The largest absolute Gasteiger partial charge is 0.386 e. The van der Waals surface area contributed by atoms with Crippen molar-refractivity contribution in [2.45, 2.75) is 44.0 Å². The van der Waals surface area contributed by atoms with Crippen LogP contribution < -0.4 is 5.32 Å². The van der Waals surface area contributed by atoms with E-state index in [1.165, 1.54) is 0 Å². The zero-order chi connectivity index (χ0) is 15.0. The van der Waals surface area contributed by atoms with E-state index in [4.69, 9.17) is 9.47 Å². The quantitative estimate of drug-likeness (QED) is 0.804. The molecule has 4 atom stereocenters. The van der Waals surface area contributed by atoms with Crippen LogP contribution in [0.4, 0.5) is 0 Å². The third kappa shape index (κ3) is 2.85. The Labute approximate surface area is 123 Å². The minimum atomic E-state index is -0.766. The summed E-state index contributed by atoms with van der Waals surface area (Å²) in [5, 5.41) is 12.9. The van der Waals surface area contributed by atoms with Crippen LogP contribution in [-0.4, -0.2) is 41.2 Å². The predicted octanol–water partition coefficient (Wildman–Crippen LogP) is 1.24. The first-order valence-electron chi connectivity index (χ1n) is 7.04. The average Bonchev–Trinajstić information content (AvgIpc) is 2.79. The molecular formula is C16H19NO4. The number of aliphatic hydroxyl groups excluding tert-OH is 1. The minimum absolute atomic E-state index is 0.173. The molecule has 2 aliphatic rings. The second kappa shape index (κ2) is 5.26. The van der Waals surface area contributed by atoms with Crippen LogP contribution in [0.3, 0.4) is 0 Å². The van der Waals surface area contributed by atoms with Crippen LogP contribution in [0.1, 0.15) is 24.2 Å². The molecule has 5 nitrogen and oxygen atoms in total. The van der Waals surface area contributed by atoms with E-state index in [0.29, 0.717) is 5.56 Å². The van der Waals surface area contributed by atoms with Crippen molar-refractivity contribution in [1.29, 1.82) is 0 Å². The van der Waals surface area contributed by atoms with E-state index in [2.05, 4.69) is 5.32 Å². The fraction of sp³-hybridized carbons (Fsp3) is 0.438. The van der Waals surface area contributed by atoms with E-state index < -0.39 is 24.1 Å². The molecule has 5 heteroatoms. The van der Waals surface area contributed by atoms with Gasteiger partial charge in [-0.3, -0.25) is 4.79 Å². The molecule has 1 amide bonds. The van der Waals surface area contributed by atoms with Gasteiger partial charge in [0, 0.05) is 5.56 Å². The second-order valence-electron chi connectivity index (χ2n) is 5.81. The van der Waals surface area contributed by atoms with Gasteiger partial charge in [-0.15, -0.1) is 0 Å². The van der Waals surface area contributed by atoms with E-state index in [0.717, 1.165) is 0 Å². The number of ether oxygens (including phenoxy) is 2. The molecule has 0 saturated carbocycles. The van der Waals surface area contributed by atoms with Gasteiger partial charge < -0.3 is 19.9 Å². The summed E-state index contributed by atoms with van der Waals surface area (Å²) >= 11 is 0. The summed E-state index contributed by atoms with van der Waals surface area (Å²) in [5.41, 5.74) is 0.590. The Hall–Kier alpha value is -1.69. The Morgan fingerprint density at radius 2 is 1.81 bits per heavy atom. The SMILES string of the molecule is CC1(C)O[C@@H]2[C@H](O1)[C@@H](O)C=C[C@H]2NC(=O)c1ccccc1. The lowest BCUT2D eigenvalue weighted by atomic mass is 9.94. The third-order valence-corrected chi connectivity index (χ3v) is 3.70. The first-order chi connectivity index (χ1) is 9.96. The van der Waals surface area contributed by atoms with Crippen molar-refractivity contribution >= 4 is 5.91 Å². The number of amides is 1. The number of aliphatic hydroxyl groups is 1. The molecule has 2 N–H and O–H groups in total. The number of benzene rings is 1. The number of hydrogen-bond donors (Lipinski definition) is 2. The number of nitrogens with one attached hydrogen (secondary N) is 1. The second-order valence-corrected chi connectivity index (χ2v) is 5.81. The van der Waals surface area contributed by atoms with Crippen LogP contribution in [0.2, 0.25) is 0 Å². The molecule has 0 aromatic heterocycles. The Morgan fingerprint density at radius 3 is 2.52 bits per heavy atom. The molecule has 0 unspecified atom stereocenters. The minimum Gasteiger partial charge on any atom is -0.386 e. The molecule has 1 saturated heterocycles. The summed E-state index contributed by atoms with van der Waals surface area (Å²) in [6.45, 7) is 3.60. The molecule has 1 fully saturated rings. The molecule has 0 radical (unpaired) electrons. The maximum atomic E-state index is 12.2. The highest BCUT2D eigenvalue weighted by atomic mass is 16.8. The Morgan fingerprint density at radius 1 is 1.14 bits per heavy atom. The van der Waals surface area contributed by atoms with Crippen LogP contribution in [0.25, 0.3) is 0 Å². The van der Waals surface area contributed by atoms with Gasteiger partial charge in [0.05, 0.1) is 6.04 Å². The van der Waals surface area contributed by atoms with Crippen LogP contribution in [-0.2, 0) is 9.47 Å². The van der Waals surface area contributed by atoms with E-state index in [9.17, 15) is 9.90 Å². The highest BCUT2D eigenvalue weighted by Crippen LogP contribution is 2.34. The molecule has 21 heavy (non-hydrogen) atoms. The van der Waals surface area contributed by atoms with Crippen molar-refractivity contribution < 1.29 is 19.4 Å². The van der Waals surface area contributed by atoms with Gasteiger partial charge in [-0.05, 0) is 26.0 Å². The van der Waals surface area contributed by atoms with Crippen molar-refractivity contribution in [1.82, 2.24) is 5.32 Å². The average molecular weight is 289 g/mol. The van der Waals surface area contributed by atoms with Crippen molar-refractivity contribution in [3.8, 4) is 0 Å². The van der Waals surface area contributed by atoms with Crippen molar-refractivity contribution in [3.05, 3.63) is 48.0 Å². The molecule has 1 aromatic rings. The molecule has 112 valence electrons. The maximum Gasteiger partial charge on any atom is 0.251 e. The fourth-order valence-electron chi connectivity index (χ4n) is 2.77. The van der Waals surface area contributed by atoms with Gasteiger partial charge >= 0.3 is 0 Å². The Kier molecular flexibility index (Phi) is 3.57. The van der Waals surface area contributed by atoms with Gasteiger partial charge in [0.2, 0.25) is 0 Å². The molecule has 0 spiro atoms. The standard InChI is InChI=1S/C16H19NO4/c1-16(2)20-13-11(8-9-12(18)14(13)21-16)17-15(19)10-6-4-3-5-7-10/h3-9,11-14,18H,1-2H3,(H,17,19)/t11-,12+,13+,14-/m1/s1. The summed E-state index contributed by atoms with van der Waals surface area (Å²) in [6, 6.07) is 8.68. The number of carbonyl (C=O) groups excluding carboxylic acids is 1. The van der Waals surface area contributed by atoms with Gasteiger partial charge in [0.15, 0.2) is 5.79 Å². The number of hydrogen-bond acceptors (Lipinski definition) is 4. The van der Waals surface area contributed by atoms with Crippen molar-refractivity contribution in [3.63, 3.8) is 0 Å². The number of fused-ring (bicyclic) bond motifs is 1. The third-order valence-electron chi connectivity index (χ3n) is 3.70. The van der Waals surface area contributed by atoms with E-state index >= 15 is 0 Å². The number of rotatable bonds is 2. The summed E-state index contributed by atoms with van der Waals surface area (Å²) in [7, 11) is 0. The highest BCUT2D eigenvalue weighted by molar-refractivity contribution is 5.94. The lowest BCUT2D eigenvalue weighted by Gasteiger charge is -2.30. The smallest absolute Gasteiger partial charge is 0.251 e. The van der Waals surface area contributed by atoms with Crippen molar-refractivity contribution in [2.24, 2.45) is 0 Å². The molecule has 1 heterocycles. The highest BCUT2D eigenvalue weighted by Gasteiger charge is 2.49. The van der Waals surface area contributed by atoms with Gasteiger partial charge in [-0.25, -0.2) is 0 Å². The first-order valence-corrected chi connectivity index (χ1v) is 7.04. The van der Waals surface area contributed by atoms with Crippen LogP contribution in [0, 0.1) is 0 Å². The molecular weight excluding hydrogens is 270 g/mol. The van der Waals surface area contributed by atoms with Gasteiger partial charge in [0.25, 0.3) is 5.91 Å². The molecule has 1 aliphatic heterocycles. The Balaban J connectivity index is 1.76. The molecule has 1 aromatic carbocycles. The molecule has 1 aliphatic carbocycles. The van der Waals surface area contributed by atoms with Gasteiger partial charge in [0.1, 0.15) is 18.3 Å². The summed E-state index contributed by atoms with van der Waals surface area (Å²) < 4.78 is 11.5. The first kappa shape index (κ1) is 14.3. The van der Waals surface area contributed by atoms with Gasteiger partial charge in [-0.1, -0.05) is 30.4 Å². The lowest BCUT2D eigenvalue weighted by molar-refractivity contribution is -0.152. The van der Waals surface area contributed by atoms with Crippen molar-refractivity contribution in [2.75, 3.05) is 0 Å². The van der Waals surface area contributed by atoms with Crippen LogP contribution >= 0.6 is 0 Å². The lowest BCUT2D eigenvalue weighted by Crippen LogP contribution is -2.52. The normalized spacial score (nSPS) is 33.5. The zero-order valence-corrected chi connectivity index (χ0v) is 12.0. The summed E-state index contributed by atoms with van der Waals surface area (Å²) in [6.07, 6.45) is 1.82. The fourth-order valence-corrected chi connectivity index (χ4v) is 2.77. The number of carbonyl (C=O) groups is 1. The summed E-state index contributed by atoms with van der Waals surface area (Å²) in [5.74, 6) is -0.938. The van der Waals surface area contributed by atoms with E-state index in [1.54, 1.807) is 38.1 Å².